The molecule has 0 aliphatic heterocycles. The maximum Gasteiger partial charge on any atom is 0.399 e. The van der Waals surface area contributed by atoms with Gasteiger partial charge in [-0.05, 0) is 58.8 Å². The average molecular weight is 628 g/mol. The number of hydrogen-bond acceptors (Lipinski definition) is 5. The van der Waals surface area contributed by atoms with Crippen LogP contribution in [0, 0.1) is 6.92 Å². The van der Waals surface area contributed by atoms with Crippen molar-refractivity contribution < 1.29 is 36.3 Å². The monoisotopic (exact) mass is 627 g/mol. The molecule has 40 heavy (non-hydrogen) atoms. The molecule has 7 nitrogen and oxygen atoms in total. The van der Waals surface area contributed by atoms with Gasteiger partial charge in [0.1, 0.15) is 10.6 Å². The fraction of sp³-hybridized carbons (Fsp3) is 0.185. The Balaban J connectivity index is 1.81. The summed E-state index contributed by atoms with van der Waals surface area (Å²) in [5.74, 6) is 0.129. The summed E-state index contributed by atoms with van der Waals surface area (Å²) in [6, 6.07) is 18.5. The molecule has 0 radical (unpaired) electrons. The van der Waals surface area contributed by atoms with E-state index in [2.05, 4.69) is 0 Å². The highest BCUT2D eigenvalue weighted by molar-refractivity contribution is 7.89. The van der Waals surface area contributed by atoms with E-state index in [4.69, 9.17) is 26.1 Å². The molecular weight excluding hydrogens is 603 g/mol. The lowest BCUT2D eigenvalue weighted by Crippen LogP contribution is -2.31. The number of halogens is 3. The molecule has 0 aliphatic rings. The number of rotatable bonds is 10. The smallest absolute Gasteiger partial charge is 0.399 e. The minimum atomic E-state index is -5.85. The van der Waals surface area contributed by atoms with E-state index in [9.17, 15) is 21.8 Å². The van der Waals surface area contributed by atoms with Crippen LogP contribution in [0.25, 0.3) is 10.4 Å². The van der Waals surface area contributed by atoms with E-state index in [0.717, 1.165) is 28.1 Å². The number of alkyl halides is 2. The number of ether oxygens (including phenoxy) is 1. The third kappa shape index (κ3) is 6.01. The quantitative estimate of drug-likeness (QED) is 0.183. The molecule has 212 valence electrons. The fourth-order valence-corrected chi connectivity index (χ4v) is 7.62. The average Bonchev–Trinajstić information content (AvgIpc) is 3.33. The number of aryl methyl sites for hydroxylation is 1. The Morgan fingerprint density at radius 1 is 1.02 bits per heavy atom. The highest BCUT2D eigenvalue weighted by Gasteiger charge is 2.51. The van der Waals surface area contributed by atoms with Crippen molar-refractivity contribution >= 4 is 40.6 Å². The first-order valence-electron chi connectivity index (χ1n) is 11.7. The Bertz CT molecular complexity index is 1690. The van der Waals surface area contributed by atoms with Gasteiger partial charge in [0.25, 0.3) is 0 Å². The molecule has 13 heteroatoms. The first-order valence-corrected chi connectivity index (χ1v) is 16.1. The minimum Gasteiger partial charge on any atom is -0.495 e. The van der Waals surface area contributed by atoms with Gasteiger partial charge in [-0.25, -0.2) is 8.42 Å². The Hall–Kier alpha value is -2.63. The predicted octanol–water partition coefficient (Wildman–Crippen LogP) is 7.00. The summed E-state index contributed by atoms with van der Waals surface area (Å²) in [5.41, 5.74) is -2.73. The zero-order valence-corrected chi connectivity index (χ0v) is 24.6. The molecule has 0 unspecified atom stereocenters. The molecule has 1 aromatic heterocycles. The summed E-state index contributed by atoms with van der Waals surface area (Å²) in [5, 5.41) is 1.34. The largest absolute Gasteiger partial charge is 0.495 e. The highest BCUT2D eigenvalue weighted by Crippen LogP contribution is 2.60. The summed E-state index contributed by atoms with van der Waals surface area (Å²) in [6.45, 7) is 1.61. The molecule has 0 amide bonds. The summed E-state index contributed by atoms with van der Waals surface area (Å²) in [7, 11) is -8.71. The van der Waals surface area contributed by atoms with Crippen molar-refractivity contribution in [2.24, 2.45) is 0 Å². The second-order valence-corrected chi connectivity index (χ2v) is 13.8. The van der Waals surface area contributed by atoms with Crippen molar-refractivity contribution in [1.82, 2.24) is 4.31 Å². The highest BCUT2D eigenvalue weighted by atomic mass is 35.5. The third-order valence-corrected chi connectivity index (χ3v) is 10.4. The van der Waals surface area contributed by atoms with Crippen molar-refractivity contribution in [1.29, 1.82) is 0 Å². The lowest BCUT2D eigenvalue weighted by molar-refractivity contribution is 0.0565. The molecule has 2 N–H and O–H groups in total. The molecule has 1 heterocycles. The molecule has 4 aromatic rings. The van der Waals surface area contributed by atoms with Gasteiger partial charge in [-0.3, -0.25) is 4.57 Å². The van der Waals surface area contributed by atoms with Crippen LogP contribution in [0.15, 0.2) is 83.1 Å². The lowest BCUT2D eigenvalue weighted by Gasteiger charge is -2.25. The number of methoxy groups -OCH3 is 1. The molecule has 0 saturated carbocycles. The molecule has 3 aromatic carbocycles. The standard InChI is InChI=1S/C27H25ClF2NO6PS2/c1-18-13-14-39-26(18)21-8-4-3-7-20(21)17-31(40(35,36)25-10-6-5-9-24(25)37-2)16-19-11-12-22(23(28)15-19)27(29,30)38(32,33)34/h3-15H,16-17H2,1-2H3,(H2,32,33,34). The van der Waals surface area contributed by atoms with Crippen LogP contribution in [-0.4, -0.2) is 29.6 Å². The van der Waals surface area contributed by atoms with Gasteiger partial charge in [0, 0.05) is 18.0 Å². The molecular formula is C27H25ClF2NO6PS2. The van der Waals surface area contributed by atoms with E-state index >= 15 is 0 Å². The van der Waals surface area contributed by atoms with Gasteiger partial charge >= 0.3 is 13.3 Å². The first-order chi connectivity index (χ1) is 18.8. The molecule has 0 fully saturated rings. The Morgan fingerprint density at radius 3 is 2.33 bits per heavy atom. The summed E-state index contributed by atoms with van der Waals surface area (Å²) in [4.78, 5) is 19.1. The molecule has 0 spiro atoms. The predicted molar refractivity (Wildman–Crippen MR) is 151 cm³/mol. The zero-order valence-electron chi connectivity index (χ0n) is 21.3. The second kappa shape index (κ2) is 11.7. The van der Waals surface area contributed by atoms with Crippen molar-refractivity contribution in [2.45, 2.75) is 30.6 Å². The molecule has 0 bridgehead atoms. The van der Waals surface area contributed by atoms with Gasteiger partial charge in [0.05, 0.1) is 17.7 Å². The van der Waals surface area contributed by atoms with Crippen LogP contribution in [0.3, 0.4) is 0 Å². The second-order valence-electron chi connectivity index (χ2n) is 8.91. The zero-order chi connectivity index (χ0) is 29.3. The van der Waals surface area contributed by atoms with Crippen molar-refractivity contribution in [3.05, 3.63) is 105 Å². The van der Waals surface area contributed by atoms with Crippen LogP contribution in [0.5, 0.6) is 5.75 Å². The molecule has 0 atom stereocenters. The minimum absolute atomic E-state index is 0.0775. The van der Waals surface area contributed by atoms with Crippen LogP contribution in [-0.2, 0) is 33.3 Å². The summed E-state index contributed by atoms with van der Waals surface area (Å²) >= 11 is 7.57. The van der Waals surface area contributed by atoms with E-state index in [-0.39, 0.29) is 29.3 Å². The number of para-hydroxylation sites is 1. The van der Waals surface area contributed by atoms with Crippen molar-refractivity contribution in [3.63, 3.8) is 0 Å². The molecule has 4 rings (SSSR count). The normalized spacial score (nSPS) is 12.6. The number of nitrogens with zero attached hydrogens (tertiary/aromatic N) is 1. The van der Waals surface area contributed by atoms with Crippen LogP contribution < -0.4 is 4.74 Å². The Labute approximate surface area is 239 Å². The van der Waals surface area contributed by atoms with Gasteiger partial charge in [-0.2, -0.15) is 13.1 Å². The van der Waals surface area contributed by atoms with Crippen molar-refractivity contribution in [3.8, 4) is 16.2 Å². The maximum absolute atomic E-state index is 14.3. The number of benzene rings is 3. The SMILES string of the molecule is COc1ccccc1S(=O)(=O)N(Cc1ccc(C(F)(F)P(=O)(O)O)c(Cl)c1)Cc1ccccc1-c1sccc1C. The maximum atomic E-state index is 14.3. The first kappa shape index (κ1) is 30.3. The number of sulfonamides is 1. The summed E-state index contributed by atoms with van der Waals surface area (Å²) < 4.78 is 74.6. The molecule has 0 saturated heterocycles. The van der Waals surface area contributed by atoms with E-state index in [1.165, 1.54) is 41.0 Å². The fourth-order valence-electron chi connectivity index (χ4n) is 4.18. The number of hydrogen-bond donors (Lipinski definition) is 2. The van der Waals surface area contributed by atoms with E-state index in [1.54, 1.807) is 18.2 Å². The van der Waals surface area contributed by atoms with E-state index in [1.807, 2.05) is 36.6 Å². The van der Waals surface area contributed by atoms with Crippen molar-refractivity contribution in [2.75, 3.05) is 7.11 Å². The van der Waals surface area contributed by atoms with Crippen LogP contribution in [0.1, 0.15) is 22.3 Å². The van der Waals surface area contributed by atoms with E-state index in [0.29, 0.717) is 5.56 Å². The van der Waals surface area contributed by atoms with Crippen LogP contribution in [0.2, 0.25) is 5.02 Å². The number of thiophene rings is 1. The van der Waals surface area contributed by atoms with Gasteiger partial charge in [0.15, 0.2) is 0 Å². The van der Waals surface area contributed by atoms with Gasteiger partial charge in [-0.15, -0.1) is 11.3 Å². The van der Waals surface area contributed by atoms with Crippen LogP contribution in [0.4, 0.5) is 8.78 Å². The topological polar surface area (TPSA) is 104 Å². The summed E-state index contributed by atoms with van der Waals surface area (Å²) in [6.07, 6.45) is 0. The molecule has 0 aliphatic carbocycles. The van der Waals surface area contributed by atoms with Gasteiger partial charge in [-0.1, -0.05) is 60.1 Å². The Morgan fingerprint density at radius 2 is 1.70 bits per heavy atom. The lowest BCUT2D eigenvalue weighted by atomic mass is 10.0. The third-order valence-electron chi connectivity index (χ3n) is 6.24. The van der Waals surface area contributed by atoms with Gasteiger partial charge < -0.3 is 14.5 Å². The van der Waals surface area contributed by atoms with Gasteiger partial charge in [0.2, 0.25) is 10.0 Å². The Kier molecular flexibility index (Phi) is 8.87. The van der Waals surface area contributed by atoms with Crippen LogP contribution >= 0.6 is 30.5 Å². The van der Waals surface area contributed by atoms with E-state index < -0.39 is 33.9 Å².